The molecule has 1 heterocycles. The van der Waals surface area contributed by atoms with Crippen molar-refractivity contribution in [1.82, 2.24) is 5.32 Å². The van der Waals surface area contributed by atoms with Gasteiger partial charge in [-0.2, -0.15) is 0 Å². The first-order valence-electron chi connectivity index (χ1n) is 5.11. The molecular formula is C11H19NO. The van der Waals surface area contributed by atoms with Crippen molar-refractivity contribution in [3.05, 3.63) is 0 Å². The van der Waals surface area contributed by atoms with Crippen molar-refractivity contribution >= 4 is 0 Å². The molecule has 1 aliphatic rings. The lowest BCUT2D eigenvalue weighted by molar-refractivity contribution is 0.184. The first-order chi connectivity index (χ1) is 6.36. The lowest BCUT2D eigenvalue weighted by Gasteiger charge is -2.16. The number of ether oxygens (including phenoxy) is 1. The Balaban J connectivity index is 2.11. The van der Waals surface area contributed by atoms with Gasteiger partial charge >= 0.3 is 0 Å². The normalized spacial score (nSPS) is 24.2. The van der Waals surface area contributed by atoms with E-state index in [2.05, 4.69) is 18.2 Å². The van der Waals surface area contributed by atoms with Crippen LogP contribution in [0.2, 0.25) is 0 Å². The molecular weight excluding hydrogens is 162 g/mol. The van der Waals surface area contributed by atoms with Crippen molar-refractivity contribution < 1.29 is 4.74 Å². The van der Waals surface area contributed by atoms with Gasteiger partial charge in [0.15, 0.2) is 0 Å². The maximum absolute atomic E-state index is 5.30. The summed E-state index contributed by atoms with van der Waals surface area (Å²) in [5.41, 5.74) is 0. The van der Waals surface area contributed by atoms with Gasteiger partial charge in [-0.15, -0.1) is 12.3 Å². The Morgan fingerprint density at radius 1 is 1.69 bits per heavy atom. The topological polar surface area (TPSA) is 21.3 Å². The largest absolute Gasteiger partial charge is 0.381 e. The molecule has 1 fully saturated rings. The summed E-state index contributed by atoms with van der Waals surface area (Å²) in [7, 11) is 0. The van der Waals surface area contributed by atoms with Crippen LogP contribution in [-0.4, -0.2) is 25.8 Å². The molecule has 0 amide bonds. The minimum atomic E-state index is 0.491. The number of rotatable bonds is 5. The molecule has 0 aromatic rings. The monoisotopic (exact) mass is 181 g/mol. The summed E-state index contributed by atoms with van der Waals surface area (Å²) >= 11 is 0. The van der Waals surface area contributed by atoms with E-state index in [1.165, 1.54) is 6.42 Å². The molecule has 2 unspecified atom stereocenters. The molecule has 1 rings (SSSR count). The molecule has 2 heteroatoms. The van der Waals surface area contributed by atoms with Crippen LogP contribution in [0, 0.1) is 18.3 Å². The molecule has 0 radical (unpaired) electrons. The average molecular weight is 181 g/mol. The molecule has 1 saturated heterocycles. The van der Waals surface area contributed by atoms with Gasteiger partial charge in [0.1, 0.15) is 0 Å². The van der Waals surface area contributed by atoms with Crippen molar-refractivity contribution in [3.8, 4) is 12.3 Å². The summed E-state index contributed by atoms with van der Waals surface area (Å²) < 4.78 is 5.30. The predicted octanol–water partition coefficient (Wildman–Crippen LogP) is 1.41. The molecule has 2 atom stereocenters. The fourth-order valence-corrected chi connectivity index (χ4v) is 1.58. The third-order valence-electron chi connectivity index (χ3n) is 2.58. The summed E-state index contributed by atoms with van der Waals surface area (Å²) in [4.78, 5) is 0. The van der Waals surface area contributed by atoms with Crippen molar-refractivity contribution in [3.63, 3.8) is 0 Å². The quantitative estimate of drug-likeness (QED) is 0.648. The number of terminal acetylenes is 1. The van der Waals surface area contributed by atoms with Crippen molar-refractivity contribution in [2.75, 3.05) is 19.8 Å². The molecule has 0 aromatic carbocycles. The van der Waals surface area contributed by atoms with Crippen LogP contribution in [-0.2, 0) is 4.74 Å². The summed E-state index contributed by atoms with van der Waals surface area (Å²) in [6.45, 7) is 5.07. The van der Waals surface area contributed by atoms with Crippen LogP contribution in [0.4, 0.5) is 0 Å². The Kier molecular flexibility index (Phi) is 4.88. The van der Waals surface area contributed by atoms with E-state index in [-0.39, 0.29) is 0 Å². The molecule has 74 valence electrons. The van der Waals surface area contributed by atoms with Crippen molar-refractivity contribution in [1.29, 1.82) is 0 Å². The second-order valence-electron chi connectivity index (χ2n) is 3.65. The van der Waals surface area contributed by atoms with Gasteiger partial charge in [-0.25, -0.2) is 0 Å². The van der Waals surface area contributed by atoms with E-state index in [9.17, 15) is 0 Å². The molecule has 1 N–H and O–H groups in total. The van der Waals surface area contributed by atoms with Crippen molar-refractivity contribution in [2.24, 2.45) is 5.92 Å². The van der Waals surface area contributed by atoms with Gasteiger partial charge < -0.3 is 10.1 Å². The number of nitrogens with one attached hydrogen (secondary N) is 1. The third-order valence-corrected chi connectivity index (χ3v) is 2.58. The van der Waals surface area contributed by atoms with Crippen molar-refractivity contribution in [2.45, 2.75) is 32.2 Å². The molecule has 0 saturated carbocycles. The molecule has 2 nitrogen and oxygen atoms in total. The van der Waals surface area contributed by atoms with E-state index >= 15 is 0 Å². The van der Waals surface area contributed by atoms with Crippen LogP contribution in [0.15, 0.2) is 0 Å². The van der Waals surface area contributed by atoms with Gasteiger partial charge in [0, 0.05) is 25.6 Å². The highest BCUT2D eigenvalue weighted by Gasteiger charge is 2.16. The Labute approximate surface area is 81.0 Å². The van der Waals surface area contributed by atoms with Crippen LogP contribution in [0.5, 0.6) is 0 Å². The van der Waals surface area contributed by atoms with E-state index in [1.807, 2.05) is 0 Å². The van der Waals surface area contributed by atoms with E-state index in [0.717, 1.165) is 32.6 Å². The average Bonchev–Trinajstić information content (AvgIpc) is 2.64. The standard InChI is InChI=1S/C11H19NO/c1-3-5-11(4-2)12-8-10-6-7-13-9-10/h1,10-12H,4-9H2,2H3. The lowest BCUT2D eigenvalue weighted by Crippen LogP contribution is -2.32. The van der Waals surface area contributed by atoms with Gasteiger partial charge in [0.05, 0.1) is 6.61 Å². The SMILES string of the molecule is C#CCC(CC)NCC1CCOC1. The molecule has 0 aromatic heterocycles. The fraction of sp³-hybridized carbons (Fsp3) is 0.818. The molecule has 13 heavy (non-hydrogen) atoms. The lowest BCUT2D eigenvalue weighted by atomic mass is 10.1. The number of hydrogen-bond acceptors (Lipinski definition) is 2. The zero-order valence-corrected chi connectivity index (χ0v) is 8.38. The highest BCUT2D eigenvalue weighted by Crippen LogP contribution is 2.11. The fourth-order valence-electron chi connectivity index (χ4n) is 1.58. The Bertz CT molecular complexity index is 167. The third kappa shape index (κ3) is 3.80. The zero-order chi connectivity index (χ0) is 9.52. The van der Waals surface area contributed by atoms with Gasteiger partial charge in [0.25, 0.3) is 0 Å². The molecule has 1 aliphatic heterocycles. The first-order valence-corrected chi connectivity index (χ1v) is 5.11. The van der Waals surface area contributed by atoms with Gasteiger partial charge in [0.2, 0.25) is 0 Å². The summed E-state index contributed by atoms with van der Waals surface area (Å²) in [6, 6.07) is 0.491. The molecule has 0 aliphatic carbocycles. The Morgan fingerprint density at radius 2 is 2.54 bits per heavy atom. The second-order valence-corrected chi connectivity index (χ2v) is 3.65. The minimum absolute atomic E-state index is 0.491. The van der Waals surface area contributed by atoms with E-state index in [0.29, 0.717) is 12.0 Å². The van der Waals surface area contributed by atoms with E-state index < -0.39 is 0 Å². The van der Waals surface area contributed by atoms with Crippen LogP contribution in [0.25, 0.3) is 0 Å². The highest BCUT2D eigenvalue weighted by molar-refractivity contribution is 4.89. The number of hydrogen-bond donors (Lipinski definition) is 1. The maximum atomic E-state index is 5.30. The Hall–Kier alpha value is -0.520. The van der Waals surface area contributed by atoms with Crippen LogP contribution in [0.3, 0.4) is 0 Å². The van der Waals surface area contributed by atoms with Gasteiger partial charge in [-0.05, 0) is 18.8 Å². The Morgan fingerprint density at radius 3 is 3.08 bits per heavy atom. The molecule has 0 bridgehead atoms. The minimum Gasteiger partial charge on any atom is -0.381 e. The second kappa shape index (κ2) is 6.01. The van der Waals surface area contributed by atoms with Crippen LogP contribution >= 0.6 is 0 Å². The van der Waals surface area contributed by atoms with E-state index in [4.69, 9.17) is 11.2 Å². The summed E-state index contributed by atoms with van der Waals surface area (Å²) in [5, 5.41) is 3.49. The summed E-state index contributed by atoms with van der Waals surface area (Å²) in [5.74, 6) is 3.40. The van der Waals surface area contributed by atoms with E-state index in [1.54, 1.807) is 0 Å². The predicted molar refractivity (Wildman–Crippen MR) is 54.5 cm³/mol. The smallest absolute Gasteiger partial charge is 0.0507 e. The first kappa shape index (κ1) is 10.6. The van der Waals surface area contributed by atoms with Crippen LogP contribution in [0.1, 0.15) is 26.2 Å². The highest BCUT2D eigenvalue weighted by atomic mass is 16.5. The van der Waals surface area contributed by atoms with Gasteiger partial charge in [-0.1, -0.05) is 6.92 Å². The van der Waals surface area contributed by atoms with Crippen LogP contribution < -0.4 is 5.32 Å². The zero-order valence-electron chi connectivity index (χ0n) is 8.38. The van der Waals surface area contributed by atoms with Gasteiger partial charge in [-0.3, -0.25) is 0 Å². The summed E-state index contributed by atoms with van der Waals surface area (Å²) in [6.07, 6.45) is 8.41. The molecule has 0 spiro atoms. The maximum Gasteiger partial charge on any atom is 0.0507 e.